The molecule has 0 spiro atoms. The van der Waals surface area contributed by atoms with E-state index in [0.29, 0.717) is 5.33 Å². The topological polar surface area (TPSA) is 22.0 Å². The summed E-state index contributed by atoms with van der Waals surface area (Å²) in [4.78, 5) is 12.2. The number of fused-ring (bicyclic) bond motifs is 1. The molecule has 1 aliphatic rings. The van der Waals surface area contributed by atoms with Gasteiger partial charge < -0.3 is 4.57 Å². The Morgan fingerprint density at radius 2 is 2.12 bits per heavy atom. The molecule has 0 amide bonds. The molecule has 0 saturated carbocycles. The van der Waals surface area contributed by atoms with E-state index in [1.165, 1.54) is 24.1 Å². The van der Waals surface area contributed by atoms with Crippen LogP contribution in [0.2, 0.25) is 0 Å². The van der Waals surface area contributed by atoms with Crippen LogP contribution in [0.25, 0.3) is 0 Å². The van der Waals surface area contributed by atoms with Crippen molar-refractivity contribution in [3.8, 4) is 0 Å². The van der Waals surface area contributed by atoms with Crippen LogP contribution in [0.4, 0.5) is 0 Å². The second-order valence-electron chi connectivity index (χ2n) is 4.44. The van der Waals surface area contributed by atoms with Crippen molar-refractivity contribution in [2.75, 3.05) is 0 Å². The van der Waals surface area contributed by atoms with Crippen LogP contribution in [0.3, 0.4) is 0 Å². The second-order valence-corrected chi connectivity index (χ2v) is 5.00. The summed E-state index contributed by atoms with van der Waals surface area (Å²) in [5, 5.41) is 0.669. The van der Waals surface area contributed by atoms with Crippen LogP contribution in [0.15, 0.2) is 10.9 Å². The Labute approximate surface area is 105 Å². The highest BCUT2D eigenvalue weighted by Gasteiger charge is 2.16. The number of pyridine rings is 1. The summed E-state index contributed by atoms with van der Waals surface area (Å²) in [5.74, 6) is 0. The van der Waals surface area contributed by atoms with Crippen molar-refractivity contribution in [1.29, 1.82) is 0 Å². The van der Waals surface area contributed by atoms with Gasteiger partial charge >= 0.3 is 0 Å². The fraction of sp³-hybridized carbons (Fsp3) is 0.615. The number of aryl methyl sites for hydroxylation is 1. The highest BCUT2D eigenvalue weighted by atomic mass is 79.9. The first-order chi connectivity index (χ1) is 7.77. The molecule has 2 rings (SSSR count). The molecule has 2 nitrogen and oxygen atoms in total. The lowest BCUT2D eigenvalue weighted by atomic mass is 9.94. The SMILES string of the molecule is CCCn1c2c(cc(CBr)c1=O)CCCC2. The van der Waals surface area contributed by atoms with Crippen molar-refractivity contribution in [2.24, 2.45) is 0 Å². The molecule has 0 saturated heterocycles. The fourth-order valence-electron chi connectivity index (χ4n) is 2.50. The first-order valence-corrected chi connectivity index (χ1v) is 7.20. The standard InChI is InChI=1S/C13H18BrNO/c1-2-7-15-12-6-4-3-5-10(12)8-11(9-14)13(15)16/h8H,2-7,9H2,1H3. The highest BCUT2D eigenvalue weighted by Crippen LogP contribution is 2.21. The maximum absolute atomic E-state index is 12.2. The Balaban J connectivity index is 2.57. The molecule has 1 heterocycles. The molecule has 88 valence electrons. The summed E-state index contributed by atoms with van der Waals surface area (Å²) in [6.07, 6.45) is 5.73. The largest absolute Gasteiger partial charge is 0.312 e. The molecule has 3 heteroatoms. The van der Waals surface area contributed by atoms with Crippen molar-refractivity contribution >= 4 is 15.9 Å². The molecule has 0 N–H and O–H groups in total. The summed E-state index contributed by atoms with van der Waals surface area (Å²) >= 11 is 3.41. The molecule has 1 aromatic rings. The lowest BCUT2D eigenvalue weighted by Crippen LogP contribution is -2.29. The van der Waals surface area contributed by atoms with Crippen LogP contribution in [-0.2, 0) is 24.7 Å². The Kier molecular flexibility index (Phi) is 3.85. The van der Waals surface area contributed by atoms with Gasteiger partial charge in [0.25, 0.3) is 5.56 Å². The van der Waals surface area contributed by atoms with Crippen molar-refractivity contribution in [3.05, 3.63) is 33.2 Å². The quantitative estimate of drug-likeness (QED) is 0.782. The zero-order valence-electron chi connectivity index (χ0n) is 9.76. The van der Waals surface area contributed by atoms with E-state index in [1.54, 1.807) is 0 Å². The number of alkyl halides is 1. The molecule has 0 fully saturated rings. The third kappa shape index (κ3) is 2.10. The van der Waals surface area contributed by atoms with Crippen LogP contribution in [-0.4, -0.2) is 4.57 Å². The predicted octanol–water partition coefficient (Wildman–Crippen LogP) is 3.03. The Morgan fingerprint density at radius 1 is 1.38 bits per heavy atom. The van der Waals surface area contributed by atoms with Crippen molar-refractivity contribution < 1.29 is 0 Å². The minimum Gasteiger partial charge on any atom is -0.312 e. The van der Waals surface area contributed by atoms with Crippen LogP contribution in [0.1, 0.15) is 43.0 Å². The number of nitrogens with zero attached hydrogens (tertiary/aromatic N) is 1. The molecular weight excluding hydrogens is 266 g/mol. The molecule has 0 atom stereocenters. The molecule has 0 aromatic carbocycles. The van der Waals surface area contributed by atoms with Crippen molar-refractivity contribution in [3.63, 3.8) is 0 Å². The van der Waals surface area contributed by atoms with E-state index in [2.05, 4.69) is 28.9 Å². The van der Waals surface area contributed by atoms with E-state index in [-0.39, 0.29) is 5.56 Å². The summed E-state index contributed by atoms with van der Waals surface area (Å²) in [6, 6.07) is 2.11. The average molecular weight is 284 g/mol. The van der Waals surface area contributed by atoms with Gasteiger partial charge in [-0.1, -0.05) is 22.9 Å². The maximum atomic E-state index is 12.2. The predicted molar refractivity (Wildman–Crippen MR) is 70.3 cm³/mol. The van der Waals surface area contributed by atoms with Crippen molar-refractivity contribution in [2.45, 2.75) is 50.9 Å². The minimum absolute atomic E-state index is 0.208. The zero-order chi connectivity index (χ0) is 11.5. The molecule has 1 aromatic heterocycles. The number of aromatic nitrogens is 1. The number of hydrogen-bond acceptors (Lipinski definition) is 1. The second kappa shape index (κ2) is 5.17. The van der Waals surface area contributed by atoms with E-state index in [1.807, 2.05) is 4.57 Å². The molecule has 1 aliphatic carbocycles. The van der Waals surface area contributed by atoms with Gasteiger partial charge in [0, 0.05) is 23.1 Å². The van der Waals surface area contributed by atoms with Crippen LogP contribution in [0.5, 0.6) is 0 Å². The third-order valence-electron chi connectivity index (χ3n) is 3.27. The molecule has 0 unspecified atom stereocenters. The number of halogens is 1. The van der Waals surface area contributed by atoms with Gasteiger partial charge in [-0.15, -0.1) is 0 Å². The molecule has 0 bridgehead atoms. The van der Waals surface area contributed by atoms with Gasteiger partial charge in [0.05, 0.1) is 0 Å². The van der Waals surface area contributed by atoms with Gasteiger partial charge in [0.1, 0.15) is 0 Å². The van der Waals surface area contributed by atoms with Gasteiger partial charge in [-0.05, 0) is 43.7 Å². The van der Waals surface area contributed by atoms with E-state index in [4.69, 9.17) is 0 Å². The summed E-state index contributed by atoms with van der Waals surface area (Å²) in [6.45, 7) is 2.99. The van der Waals surface area contributed by atoms with E-state index < -0.39 is 0 Å². The van der Waals surface area contributed by atoms with Gasteiger partial charge in [-0.3, -0.25) is 4.79 Å². The molecular formula is C13H18BrNO. The maximum Gasteiger partial charge on any atom is 0.254 e. The Morgan fingerprint density at radius 3 is 2.81 bits per heavy atom. The van der Waals surface area contributed by atoms with E-state index in [9.17, 15) is 4.79 Å². The number of rotatable bonds is 3. The van der Waals surface area contributed by atoms with Crippen molar-refractivity contribution in [1.82, 2.24) is 4.57 Å². The molecule has 16 heavy (non-hydrogen) atoms. The fourth-order valence-corrected chi connectivity index (χ4v) is 2.90. The lowest BCUT2D eigenvalue weighted by molar-refractivity contribution is 0.563. The molecule has 0 aliphatic heterocycles. The van der Waals surface area contributed by atoms with Crippen LogP contribution in [0, 0.1) is 0 Å². The summed E-state index contributed by atoms with van der Waals surface area (Å²) in [5.41, 5.74) is 3.81. The first-order valence-electron chi connectivity index (χ1n) is 6.08. The monoisotopic (exact) mass is 283 g/mol. The number of hydrogen-bond donors (Lipinski definition) is 0. The van der Waals surface area contributed by atoms with Crippen LogP contribution >= 0.6 is 15.9 Å². The van der Waals surface area contributed by atoms with Crippen LogP contribution < -0.4 is 5.56 Å². The molecule has 0 radical (unpaired) electrons. The minimum atomic E-state index is 0.208. The Hall–Kier alpha value is -0.570. The van der Waals surface area contributed by atoms with Gasteiger partial charge in [0.15, 0.2) is 0 Å². The van der Waals surface area contributed by atoms with Gasteiger partial charge in [-0.2, -0.15) is 0 Å². The zero-order valence-corrected chi connectivity index (χ0v) is 11.3. The van der Waals surface area contributed by atoms with Gasteiger partial charge in [-0.25, -0.2) is 0 Å². The van der Waals surface area contributed by atoms with E-state index >= 15 is 0 Å². The normalized spacial score (nSPS) is 14.9. The first kappa shape index (κ1) is 11.9. The Bertz CT molecular complexity index is 436. The summed E-state index contributed by atoms with van der Waals surface area (Å²) in [7, 11) is 0. The summed E-state index contributed by atoms with van der Waals surface area (Å²) < 4.78 is 2.01. The highest BCUT2D eigenvalue weighted by molar-refractivity contribution is 9.08. The van der Waals surface area contributed by atoms with E-state index in [0.717, 1.165) is 31.4 Å². The smallest absolute Gasteiger partial charge is 0.254 e. The third-order valence-corrected chi connectivity index (χ3v) is 3.87. The lowest BCUT2D eigenvalue weighted by Gasteiger charge is -2.21. The van der Waals surface area contributed by atoms with Gasteiger partial charge in [0.2, 0.25) is 0 Å². The average Bonchev–Trinajstić information content (AvgIpc) is 2.32.